The number of piperidine rings is 1. The SMILES string of the molecule is CC(C)N(C)c1cccc(NC(=O)N2CCC[C@H](CC(N)=O)C2)c1. The first kappa shape index (κ1) is 18.1. The molecule has 6 heteroatoms. The molecule has 0 spiro atoms. The Kier molecular flexibility index (Phi) is 6.06. The summed E-state index contributed by atoms with van der Waals surface area (Å²) in [5, 5.41) is 2.96. The van der Waals surface area contributed by atoms with Crippen LogP contribution in [0, 0.1) is 5.92 Å². The van der Waals surface area contributed by atoms with Crippen molar-refractivity contribution in [2.45, 2.75) is 39.2 Å². The molecular weight excluding hydrogens is 304 g/mol. The minimum atomic E-state index is -0.299. The lowest BCUT2D eigenvalue weighted by atomic mass is 9.95. The van der Waals surface area contributed by atoms with E-state index in [1.165, 1.54) is 0 Å². The molecule has 0 radical (unpaired) electrons. The van der Waals surface area contributed by atoms with E-state index in [-0.39, 0.29) is 17.9 Å². The van der Waals surface area contributed by atoms with E-state index in [4.69, 9.17) is 5.73 Å². The van der Waals surface area contributed by atoms with Crippen molar-refractivity contribution in [3.05, 3.63) is 24.3 Å². The van der Waals surface area contributed by atoms with Crippen molar-refractivity contribution in [1.29, 1.82) is 0 Å². The summed E-state index contributed by atoms with van der Waals surface area (Å²) in [6.45, 7) is 5.54. The number of nitrogens with one attached hydrogen (secondary N) is 1. The fraction of sp³-hybridized carbons (Fsp3) is 0.556. The third-order valence-electron chi connectivity index (χ3n) is 4.58. The molecule has 132 valence electrons. The van der Waals surface area contributed by atoms with E-state index in [9.17, 15) is 9.59 Å². The van der Waals surface area contributed by atoms with Crippen LogP contribution in [-0.4, -0.2) is 43.0 Å². The van der Waals surface area contributed by atoms with Crippen LogP contribution in [0.2, 0.25) is 0 Å². The third-order valence-corrected chi connectivity index (χ3v) is 4.58. The number of hydrogen-bond donors (Lipinski definition) is 2. The van der Waals surface area contributed by atoms with Crippen LogP contribution in [0.25, 0.3) is 0 Å². The predicted molar refractivity (Wildman–Crippen MR) is 97.1 cm³/mol. The first-order chi connectivity index (χ1) is 11.4. The molecule has 1 aromatic rings. The summed E-state index contributed by atoms with van der Waals surface area (Å²) in [5.41, 5.74) is 7.12. The Morgan fingerprint density at radius 2 is 2.17 bits per heavy atom. The van der Waals surface area contributed by atoms with Gasteiger partial charge in [0.05, 0.1) is 0 Å². The van der Waals surface area contributed by atoms with E-state index in [0.29, 0.717) is 25.6 Å². The van der Waals surface area contributed by atoms with Gasteiger partial charge in [-0.1, -0.05) is 6.07 Å². The van der Waals surface area contributed by atoms with Gasteiger partial charge >= 0.3 is 6.03 Å². The number of hydrogen-bond acceptors (Lipinski definition) is 3. The number of likely N-dealkylation sites (tertiary alicyclic amines) is 1. The van der Waals surface area contributed by atoms with Crippen LogP contribution in [0.4, 0.5) is 16.2 Å². The Balaban J connectivity index is 1.99. The lowest BCUT2D eigenvalue weighted by Crippen LogP contribution is -2.43. The van der Waals surface area contributed by atoms with Crippen LogP contribution in [0.3, 0.4) is 0 Å². The van der Waals surface area contributed by atoms with Crippen LogP contribution in [-0.2, 0) is 4.79 Å². The number of amides is 3. The minimum absolute atomic E-state index is 0.117. The van der Waals surface area contributed by atoms with Gasteiger partial charge in [0.2, 0.25) is 5.91 Å². The summed E-state index contributed by atoms with van der Waals surface area (Å²) in [6, 6.07) is 8.10. The second-order valence-electron chi connectivity index (χ2n) is 6.81. The van der Waals surface area contributed by atoms with Gasteiger partial charge in [0.15, 0.2) is 0 Å². The zero-order valence-electron chi connectivity index (χ0n) is 14.8. The highest BCUT2D eigenvalue weighted by molar-refractivity contribution is 5.90. The van der Waals surface area contributed by atoms with Gasteiger partial charge in [0.25, 0.3) is 0 Å². The van der Waals surface area contributed by atoms with Gasteiger partial charge in [-0.25, -0.2) is 4.79 Å². The minimum Gasteiger partial charge on any atom is -0.372 e. The summed E-state index contributed by atoms with van der Waals surface area (Å²) in [4.78, 5) is 27.5. The van der Waals surface area contributed by atoms with Gasteiger partial charge in [-0.3, -0.25) is 4.79 Å². The van der Waals surface area contributed by atoms with Crippen molar-refractivity contribution in [3.63, 3.8) is 0 Å². The summed E-state index contributed by atoms with van der Waals surface area (Å²) < 4.78 is 0. The molecule has 1 aromatic carbocycles. The van der Waals surface area contributed by atoms with Gasteiger partial charge < -0.3 is 20.9 Å². The van der Waals surface area contributed by atoms with Crippen LogP contribution >= 0.6 is 0 Å². The summed E-state index contributed by atoms with van der Waals surface area (Å²) in [7, 11) is 2.03. The smallest absolute Gasteiger partial charge is 0.321 e. The topological polar surface area (TPSA) is 78.7 Å². The van der Waals surface area contributed by atoms with Crippen LogP contribution in [0.5, 0.6) is 0 Å². The highest BCUT2D eigenvalue weighted by atomic mass is 16.2. The van der Waals surface area contributed by atoms with Crippen LogP contribution in [0.1, 0.15) is 33.1 Å². The summed E-state index contributed by atoms with van der Waals surface area (Å²) >= 11 is 0. The number of rotatable bonds is 5. The second kappa shape index (κ2) is 8.04. The lowest BCUT2D eigenvalue weighted by Gasteiger charge is -2.32. The third kappa shape index (κ3) is 4.88. The fourth-order valence-corrected chi connectivity index (χ4v) is 3.00. The highest BCUT2D eigenvalue weighted by Crippen LogP contribution is 2.22. The molecule has 0 unspecified atom stereocenters. The average Bonchev–Trinajstić information content (AvgIpc) is 2.54. The standard InChI is InChI=1S/C18H28N4O2/c1-13(2)21(3)16-8-4-7-15(11-16)20-18(24)22-9-5-6-14(12-22)10-17(19)23/h4,7-8,11,13-14H,5-6,9-10,12H2,1-3H3,(H2,19,23)(H,20,24)/t14-/m1/s1. The van der Waals surface area contributed by atoms with E-state index >= 15 is 0 Å². The molecule has 1 aliphatic rings. The zero-order valence-corrected chi connectivity index (χ0v) is 14.8. The monoisotopic (exact) mass is 332 g/mol. The van der Waals surface area contributed by atoms with Gasteiger partial charge in [0, 0.05) is 44.0 Å². The number of benzene rings is 1. The molecule has 1 saturated heterocycles. The number of anilines is 2. The number of nitrogens with zero attached hydrogens (tertiary/aromatic N) is 2. The Morgan fingerprint density at radius 3 is 2.83 bits per heavy atom. The van der Waals surface area contributed by atoms with Gasteiger partial charge in [0.1, 0.15) is 0 Å². The number of nitrogens with two attached hydrogens (primary N) is 1. The number of primary amides is 1. The molecule has 0 aromatic heterocycles. The highest BCUT2D eigenvalue weighted by Gasteiger charge is 2.24. The Bertz CT molecular complexity index is 588. The maximum atomic E-state index is 12.5. The first-order valence-corrected chi connectivity index (χ1v) is 8.54. The fourth-order valence-electron chi connectivity index (χ4n) is 3.00. The van der Waals surface area contributed by atoms with Crippen molar-refractivity contribution in [1.82, 2.24) is 4.90 Å². The largest absolute Gasteiger partial charge is 0.372 e. The average molecular weight is 332 g/mol. The number of urea groups is 1. The van der Waals surface area contributed by atoms with Crippen LogP contribution in [0.15, 0.2) is 24.3 Å². The number of carbonyl (C=O) groups excluding carboxylic acids is 2. The Labute approximate surface area is 144 Å². The maximum absolute atomic E-state index is 12.5. The molecule has 0 bridgehead atoms. The summed E-state index contributed by atoms with van der Waals surface area (Å²) in [5.74, 6) is -0.132. The molecule has 3 N–H and O–H groups in total. The van der Waals surface area contributed by atoms with E-state index in [2.05, 4.69) is 24.1 Å². The Morgan fingerprint density at radius 1 is 1.42 bits per heavy atom. The van der Waals surface area contributed by atoms with E-state index < -0.39 is 0 Å². The normalized spacial score (nSPS) is 17.7. The van der Waals surface area contributed by atoms with Crippen molar-refractivity contribution >= 4 is 23.3 Å². The quantitative estimate of drug-likeness (QED) is 0.870. The molecule has 3 amide bonds. The van der Waals surface area contributed by atoms with Crippen molar-refractivity contribution in [3.8, 4) is 0 Å². The second-order valence-corrected chi connectivity index (χ2v) is 6.81. The van der Waals surface area contributed by atoms with Crippen molar-refractivity contribution < 1.29 is 9.59 Å². The maximum Gasteiger partial charge on any atom is 0.321 e. The molecule has 2 rings (SSSR count). The van der Waals surface area contributed by atoms with E-state index in [1.54, 1.807) is 4.90 Å². The molecule has 0 aliphatic carbocycles. The molecule has 6 nitrogen and oxygen atoms in total. The zero-order chi connectivity index (χ0) is 17.7. The van der Waals surface area contributed by atoms with E-state index in [0.717, 1.165) is 24.2 Å². The van der Waals surface area contributed by atoms with Gasteiger partial charge in [-0.05, 0) is 50.8 Å². The van der Waals surface area contributed by atoms with Crippen molar-refractivity contribution in [2.75, 3.05) is 30.4 Å². The van der Waals surface area contributed by atoms with E-state index in [1.807, 2.05) is 31.3 Å². The molecule has 1 fully saturated rings. The molecule has 1 heterocycles. The molecule has 0 saturated carbocycles. The predicted octanol–water partition coefficient (Wildman–Crippen LogP) is 2.65. The van der Waals surface area contributed by atoms with Gasteiger partial charge in [-0.15, -0.1) is 0 Å². The molecular formula is C18H28N4O2. The molecule has 1 atom stereocenters. The lowest BCUT2D eigenvalue weighted by molar-refractivity contribution is -0.119. The molecule has 1 aliphatic heterocycles. The molecule has 24 heavy (non-hydrogen) atoms. The first-order valence-electron chi connectivity index (χ1n) is 8.54. The Hall–Kier alpha value is -2.24. The van der Waals surface area contributed by atoms with Crippen LogP contribution < -0.4 is 16.0 Å². The van der Waals surface area contributed by atoms with Gasteiger partial charge in [-0.2, -0.15) is 0 Å². The van der Waals surface area contributed by atoms with Crippen molar-refractivity contribution in [2.24, 2.45) is 11.7 Å². The number of carbonyl (C=O) groups is 2. The summed E-state index contributed by atoms with van der Waals surface area (Å²) in [6.07, 6.45) is 2.20.